The average Bonchev–Trinajstić information content (AvgIpc) is 2.93. The van der Waals surface area contributed by atoms with Gasteiger partial charge in [0.15, 0.2) is 5.78 Å². The summed E-state index contributed by atoms with van der Waals surface area (Å²) in [5.41, 5.74) is 0.476. The van der Waals surface area contributed by atoms with Crippen molar-refractivity contribution in [3.8, 4) is 0 Å². The van der Waals surface area contributed by atoms with Gasteiger partial charge < -0.3 is 4.74 Å². The molecule has 0 aliphatic heterocycles. The van der Waals surface area contributed by atoms with E-state index in [9.17, 15) is 4.79 Å². The molecule has 0 N–H and O–H groups in total. The van der Waals surface area contributed by atoms with Crippen LogP contribution >= 0.6 is 15.9 Å². The zero-order chi connectivity index (χ0) is 13.2. The molecule has 0 spiro atoms. The first-order chi connectivity index (χ1) is 8.58. The zero-order valence-electron chi connectivity index (χ0n) is 10.9. The van der Waals surface area contributed by atoms with Crippen molar-refractivity contribution in [1.29, 1.82) is 0 Å². The third-order valence-electron chi connectivity index (χ3n) is 3.77. The fourth-order valence-corrected chi connectivity index (χ4v) is 3.08. The Morgan fingerprint density at radius 1 is 1.56 bits per heavy atom. The molecule has 0 saturated heterocycles. The molecule has 0 radical (unpaired) electrons. The van der Waals surface area contributed by atoms with Crippen LogP contribution in [0.4, 0.5) is 0 Å². The maximum Gasteiger partial charge on any atom is 0.187 e. The number of carbonyl (C=O) groups is 1. The fourth-order valence-electron chi connectivity index (χ4n) is 2.60. The average molecular weight is 315 g/mol. The molecule has 1 aliphatic rings. The second-order valence-electron chi connectivity index (χ2n) is 5.15. The predicted molar refractivity (Wildman–Crippen MR) is 72.7 cm³/mol. The number of carbonyl (C=O) groups excluding carboxylic acids is 1. The summed E-state index contributed by atoms with van der Waals surface area (Å²) in [5, 5.41) is 4.25. The highest BCUT2D eigenvalue weighted by molar-refractivity contribution is 9.10. The van der Waals surface area contributed by atoms with Crippen molar-refractivity contribution in [1.82, 2.24) is 9.78 Å². The Kier molecular flexibility index (Phi) is 4.22. The highest BCUT2D eigenvalue weighted by atomic mass is 79.9. The molecule has 18 heavy (non-hydrogen) atoms. The van der Waals surface area contributed by atoms with Crippen LogP contribution in [0.15, 0.2) is 10.7 Å². The van der Waals surface area contributed by atoms with Gasteiger partial charge >= 0.3 is 0 Å². The van der Waals surface area contributed by atoms with Gasteiger partial charge in [-0.1, -0.05) is 19.8 Å². The van der Waals surface area contributed by atoms with Crippen LogP contribution in [-0.4, -0.2) is 29.3 Å². The summed E-state index contributed by atoms with van der Waals surface area (Å²) in [6.45, 7) is 3.24. The molecule has 5 heteroatoms. The molecule has 0 amide bonds. The zero-order valence-corrected chi connectivity index (χ0v) is 12.5. The summed E-state index contributed by atoms with van der Waals surface area (Å²) < 4.78 is 7.59. The van der Waals surface area contributed by atoms with Gasteiger partial charge in [-0.05, 0) is 28.8 Å². The van der Waals surface area contributed by atoms with Gasteiger partial charge in [-0.3, -0.25) is 9.48 Å². The number of nitrogens with zero attached hydrogens (tertiary/aromatic N) is 2. The Morgan fingerprint density at radius 3 is 2.83 bits per heavy atom. The van der Waals surface area contributed by atoms with E-state index in [1.807, 2.05) is 0 Å². The SMILES string of the molecule is COCCn1ncc(Br)c1C(=O)C1(C)CCCC1. The van der Waals surface area contributed by atoms with Crippen molar-refractivity contribution in [3.63, 3.8) is 0 Å². The molecule has 1 aromatic rings. The first-order valence-electron chi connectivity index (χ1n) is 6.33. The second-order valence-corrected chi connectivity index (χ2v) is 6.01. The second kappa shape index (κ2) is 5.53. The molecular weight excluding hydrogens is 296 g/mol. The van der Waals surface area contributed by atoms with Crippen LogP contribution in [0.25, 0.3) is 0 Å². The summed E-state index contributed by atoms with van der Waals surface area (Å²) in [7, 11) is 1.65. The van der Waals surface area contributed by atoms with Crippen LogP contribution in [0.1, 0.15) is 43.1 Å². The van der Waals surface area contributed by atoms with Gasteiger partial charge in [0.1, 0.15) is 5.69 Å². The molecule has 0 bridgehead atoms. The molecule has 2 rings (SSSR count). The van der Waals surface area contributed by atoms with Crippen LogP contribution in [-0.2, 0) is 11.3 Å². The minimum absolute atomic E-state index is 0.209. The van der Waals surface area contributed by atoms with Gasteiger partial charge in [0.2, 0.25) is 0 Å². The number of rotatable bonds is 5. The molecule has 0 aromatic carbocycles. The summed E-state index contributed by atoms with van der Waals surface area (Å²) in [6.07, 6.45) is 5.95. The standard InChI is InChI=1S/C13H19BrN2O2/c1-13(5-3-4-6-13)12(17)11-10(14)9-15-16(11)7-8-18-2/h9H,3-8H2,1-2H3. The number of hydrogen-bond acceptors (Lipinski definition) is 3. The Balaban J connectivity index is 2.26. The molecule has 1 saturated carbocycles. The molecule has 1 heterocycles. The van der Waals surface area contributed by atoms with Gasteiger partial charge in [0, 0.05) is 12.5 Å². The van der Waals surface area contributed by atoms with E-state index in [1.165, 1.54) is 0 Å². The predicted octanol–water partition coefficient (Wildman–Crippen LogP) is 3.06. The van der Waals surface area contributed by atoms with Gasteiger partial charge in [0.05, 0.1) is 23.8 Å². The number of halogens is 1. The fraction of sp³-hybridized carbons (Fsp3) is 0.692. The van der Waals surface area contributed by atoms with Crippen molar-refractivity contribution in [3.05, 3.63) is 16.4 Å². The Bertz CT molecular complexity index is 436. The maximum absolute atomic E-state index is 12.7. The smallest absolute Gasteiger partial charge is 0.187 e. The summed E-state index contributed by atoms with van der Waals surface area (Å²) in [6, 6.07) is 0. The van der Waals surface area contributed by atoms with Crippen LogP contribution in [0.5, 0.6) is 0 Å². The van der Waals surface area contributed by atoms with E-state index in [2.05, 4.69) is 28.0 Å². The quantitative estimate of drug-likeness (QED) is 0.785. The van der Waals surface area contributed by atoms with E-state index >= 15 is 0 Å². The van der Waals surface area contributed by atoms with E-state index in [1.54, 1.807) is 18.0 Å². The van der Waals surface area contributed by atoms with Crippen molar-refractivity contribution in [2.75, 3.05) is 13.7 Å². The number of ether oxygens (including phenoxy) is 1. The van der Waals surface area contributed by atoms with Gasteiger partial charge in [0.25, 0.3) is 0 Å². The van der Waals surface area contributed by atoms with E-state index in [0.29, 0.717) is 18.8 Å². The van der Waals surface area contributed by atoms with Crippen LogP contribution in [0.3, 0.4) is 0 Å². The highest BCUT2D eigenvalue weighted by Crippen LogP contribution is 2.41. The van der Waals surface area contributed by atoms with E-state index in [-0.39, 0.29) is 11.2 Å². The first kappa shape index (κ1) is 13.7. The van der Waals surface area contributed by atoms with Crippen LogP contribution in [0.2, 0.25) is 0 Å². The third-order valence-corrected chi connectivity index (χ3v) is 4.35. The number of hydrogen-bond donors (Lipinski definition) is 0. The normalized spacial score (nSPS) is 18.2. The molecular formula is C13H19BrN2O2. The summed E-state index contributed by atoms with van der Waals surface area (Å²) >= 11 is 3.44. The van der Waals surface area contributed by atoms with Crippen molar-refractivity contribution >= 4 is 21.7 Å². The largest absolute Gasteiger partial charge is 0.383 e. The summed E-state index contributed by atoms with van der Waals surface area (Å²) in [4.78, 5) is 12.7. The van der Waals surface area contributed by atoms with E-state index in [4.69, 9.17) is 4.74 Å². The van der Waals surface area contributed by atoms with Crippen molar-refractivity contribution < 1.29 is 9.53 Å². The lowest BCUT2D eigenvalue weighted by Gasteiger charge is -2.22. The van der Waals surface area contributed by atoms with Gasteiger partial charge in [-0.15, -0.1) is 0 Å². The molecule has 1 fully saturated rings. The molecule has 1 aliphatic carbocycles. The summed E-state index contributed by atoms with van der Waals surface area (Å²) in [5.74, 6) is 0.209. The lowest BCUT2D eigenvalue weighted by Crippen LogP contribution is -2.28. The monoisotopic (exact) mass is 314 g/mol. The number of methoxy groups -OCH3 is 1. The Labute approximate surface area is 116 Å². The first-order valence-corrected chi connectivity index (χ1v) is 7.13. The van der Waals surface area contributed by atoms with Gasteiger partial charge in [-0.25, -0.2) is 0 Å². The van der Waals surface area contributed by atoms with Crippen molar-refractivity contribution in [2.24, 2.45) is 5.41 Å². The van der Waals surface area contributed by atoms with E-state index in [0.717, 1.165) is 30.2 Å². The highest BCUT2D eigenvalue weighted by Gasteiger charge is 2.39. The third kappa shape index (κ3) is 2.52. The lowest BCUT2D eigenvalue weighted by atomic mass is 9.82. The molecule has 0 unspecified atom stereocenters. The molecule has 1 aromatic heterocycles. The van der Waals surface area contributed by atoms with E-state index < -0.39 is 0 Å². The Hall–Kier alpha value is -0.680. The maximum atomic E-state index is 12.7. The topological polar surface area (TPSA) is 44.1 Å². The van der Waals surface area contributed by atoms with Gasteiger partial charge in [-0.2, -0.15) is 5.10 Å². The number of aromatic nitrogens is 2. The van der Waals surface area contributed by atoms with Crippen LogP contribution < -0.4 is 0 Å². The molecule has 4 nitrogen and oxygen atoms in total. The molecule has 0 atom stereocenters. The number of ketones is 1. The van der Waals surface area contributed by atoms with Crippen molar-refractivity contribution in [2.45, 2.75) is 39.2 Å². The minimum Gasteiger partial charge on any atom is -0.383 e. The Morgan fingerprint density at radius 2 is 2.22 bits per heavy atom. The van der Waals surface area contributed by atoms with Crippen LogP contribution in [0, 0.1) is 5.41 Å². The molecule has 100 valence electrons. The lowest BCUT2D eigenvalue weighted by molar-refractivity contribution is 0.0807. The minimum atomic E-state index is -0.215. The number of Topliss-reactive ketones (excluding diaryl/α,β-unsaturated/α-hetero) is 1.